The number of hydrogen-bond donors (Lipinski definition) is 3. The highest BCUT2D eigenvalue weighted by Gasteiger charge is 2.39. The summed E-state index contributed by atoms with van der Waals surface area (Å²) in [6.45, 7) is 11.3. The highest BCUT2D eigenvalue weighted by molar-refractivity contribution is 6.74. The standard InChI is InChI=1S/C20H32N2O5Si/c1-20(2,3)28(4,5)27-15-10-8-14(9-11-15)18(24)21-16-13-22(19(25)26)12-6-7-17(16)23/h8-11,16-17,23H,6-7,12-13H2,1-5H3,(H,21,24)(H,25,26)/t16-,17-/m1/s1. The maximum atomic E-state index is 12.6. The number of benzene rings is 1. The molecule has 0 bridgehead atoms. The summed E-state index contributed by atoms with van der Waals surface area (Å²) in [5.41, 5.74) is 0.445. The quantitative estimate of drug-likeness (QED) is 0.664. The number of carbonyl (C=O) groups excluding carboxylic acids is 1. The molecular weight excluding hydrogens is 376 g/mol. The van der Waals surface area contributed by atoms with Crippen LogP contribution in [0.5, 0.6) is 5.75 Å². The zero-order valence-corrected chi connectivity index (χ0v) is 18.4. The van der Waals surface area contributed by atoms with Crippen molar-refractivity contribution in [2.75, 3.05) is 13.1 Å². The van der Waals surface area contributed by atoms with E-state index in [1.165, 1.54) is 4.90 Å². The zero-order valence-electron chi connectivity index (χ0n) is 17.4. The van der Waals surface area contributed by atoms with Gasteiger partial charge in [0.1, 0.15) is 5.75 Å². The molecule has 28 heavy (non-hydrogen) atoms. The van der Waals surface area contributed by atoms with Crippen molar-refractivity contribution in [2.45, 2.75) is 63.9 Å². The SMILES string of the molecule is CC(C)(C)[Si](C)(C)Oc1ccc(C(=O)N[C@@H]2CN(C(=O)O)CCC[C@H]2O)cc1. The summed E-state index contributed by atoms with van der Waals surface area (Å²) in [4.78, 5) is 25.1. The van der Waals surface area contributed by atoms with Gasteiger partial charge < -0.3 is 24.9 Å². The number of carbonyl (C=O) groups is 2. The second-order valence-electron chi connectivity index (χ2n) is 8.90. The molecule has 1 heterocycles. The molecule has 1 saturated heterocycles. The van der Waals surface area contributed by atoms with Crippen molar-refractivity contribution in [1.82, 2.24) is 10.2 Å². The van der Waals surface area contributed by atoms with Crippen LogP contribution in [-0.2, 0) is 0 Å². The van der Waals surface area contributed by atoms with E-state index in [9.17, 15) is 19.8 Å². The Bertz CT molecular complexity index is 700. The van der Waals surface area contributed by atoms with Crippen LogP contribution < -0.4 is 9.74 Å². The maximum absolute atomic E-state index is 12.6. The van der Waals surface area contributed by atoms with Gasteiger partial charge in [-0.25, -0.2) is 4.79 Å². The molecule has 8 heteroatoms. The van der Waals surface area contributed by atoms with E-state index < -0.39 is 26.6 Å². The second-order valence-corrected chi connectivity index (χ2v) is 13.6. The Hall–Kier alpha value is -2.06. The highest BCUT2D eigenvalue weighted by atomic mass is 28.4. The average molecular weight is 409 g/mol. The first-order valence-corrected chi connectivity index (χ1v) is 12.6. The molecule has 7 nitrogen and oxygen atoms in total. The van der Waals surface area contributed by atoms with E-state index in [1.807, 2.05) is 0 Å². The number of likely N-dealkylation sites (tertiary alicyclic amines) is 1. The van der Waals surface area contributed by atoms with E-state index >= 15 is 0 Å². The number of amides is 2. The van der Waals surface area contributed by atoms with Gasteiger partial charge in [-0.2, -0.15) is 0 Å². The van der Waals surface area contributed by atoms with E-state index in [4.69, 9.17) is 4.43 Å². The topological polar surface area (TPSA) is 99.1 Å². The normalized spacial score (nSPS) is 21.0. The largest absolute Gasteiger partial charge is 0.544 e. The number of carboxylic acid groups (broad SMARTS) is 1. The molecule has 2 atom stereocenters. The van der Waals surface area contributed by atoms with E-state index in [0.29, 0.717) is 24.9 Å². The van der Waals surface area contributed by atoms with Gasteiger partial charge in [0.2, 0.25) is 8.32 Å². The van der Waals surface area contributed by atoms with Crippen molar-refractivity contribution in [3.8, 4) is 5.75 Å². The average Bonchev–Trinajstić information content (AvgIpc) is 2.76. The van der Waals surface area contributed by atoms with Crippen LogP contribution in [0.3, 0.4) is 0 Å². The van der Waals surface area contributed by atoms with Crippen LogP contribution in [0.2, 0.25) is 18.1 Å². The molecule has 1 fully saturated rings. The van der Waals surface area contributed by atoms with Gasteiger partial charge in [0.15, 0.2) is 0 Å². The number of rotatable bonds is 4. The molecule has 3 N–H and O–H groups in total. The Balaban J connectivity index is 2.05. The summed E-state index contributed by atoms with van der Waals surface area (Å²) in [5.74, 6) is 0.393. The molecule has 1 aromatic carbocycles. The molecule has 156 valence electrons. The summed E-state index contributed by atoms with van der Waals surface area (Å²) in [5, 5.41) is 22.3. The minimum Gasteiger partial charge on any atom is -0.544 e. The van der Waals surface area contributed by atoms with Crippen molar-refractivity contribution in [1.29, 1.82) is 0 Å². The fourth-order valence-electron chi connectivity index (χ4n) is 2.83. The Morgan fingerprint density at radius 3 is 2.36 bits per heavy atom. The lowest BCUT2D eigenvalue weighted by atomic mass is 10.1. The van der Waals surface area contributed by atoms with Crippen molar-refractivity contribution in [3.63, 3.8) is 0 Å². The molecule has 0 aromatic heterocycles. The van der Waals surface area contributed by atoms with Crippen molar-refractivity contribution in [2.24, 2.45) is 0 Å². The maximum Gasteiger partial charge on any atom is 0.407 e. The smallest absolute Gasteiger partial charge is 0.407 e. The lowest BCUT2D eigenvalue weighted by Crippen LogP contribution is -2.49. The molecule has 2 amide bonds. The molecule has 1 aromatic rings. The summed E-state index contributed by atoms with van der Waals surface area (Å²) in [6, 6.07) is 6.31. The molecule has 1 aliphatic heterocycles. The van der Waals surface area contributed by atoms with Gasteiger partial charge in [-0.05, 0) is 55.2 Å². The minimum atomic E-state index is -1.95. The first-order valence-electron chi connectivity index (χ1n) is 9.66. The summed E-state index contributed by atoms with van der Waals surface area (Å²) in [7, 11) is -1.95. The summed E-state index contributed by atoms with van der Waals surface area (Å²) in [6.07, 6.45) is -0.789. The molecule has 0 radical (unpaired) electrons. The molecule has 0 spiro atoms. The van der Waals surface area contributed by atoms with E-state index in [1.54, 1.807) is 24.3 Å². The minimum absolute atomic E-state index is 0.0781. The number of aliphatic hydroxyl groups excluding tert-OH is 1. The summed E-state index contributed by atoms with van der Waals surface area (Å²) < 4.78 is 6.22. The number of hydrogen-bond acceptors (Lipinski definition) is 4. The zero-order chi connectivity index (χ0) is 21.1. The van der Waals surface area contributed by atoms with Crippen LogP contribution in [0.15, 0.2) is 24.3 Å². The first kappa shape index (κ1) is 22.2. The van der Waals surface area contributed by atoms with Crippen LogP contribution in [0.1, 0.15) is 44.0 Å². The Morgan fingerprint density at radius 1 is 1.21 bits per heavy atom. The van der Waals surface area contributed by atoms with Gasteiger partial charge in [-0.3, -0.25) is 4.79 Å². The van der Waals surface area contributed by atoms with Crippen LogP contribution >= 0.6 is 0 Å². The molecular formula is C20H32N2O5Si. The predicted octanol–water partition coefficient (Wildman–Crippen LogP) is 3.30. The van der Waals surface area contributed by atoms with Crippen molar-refractivity contribution in [3.05, 3.63) is 29.8 Å². The Labute approximate surface area is 167 Å². The monoisotopic (exact) mass is 408 g/mol. The summed E-state index contributed by atoms with van der Waals surface area (Å²) >= 11 is 0. The lowest BCUT2D eigenvalue weighted by Gasteiger charge is -2.36. The van der Waals surface area contributed by atoms with Crippen molar-refractivity contribution >= 4 is 20.3 Å². The third kappa shape index (κ3) is 5.48. The Kier molecular flexibility index (Phi) is 6.77. The van der Waals surface area contributed by atoms with E-state index in [-0.39, 0.29) is 17.5 Å². The van der Waals surface area contributed by atoms with Gasteiger partial charge in [0.05, 0.1) is 12.1 Å². The van der Waals surface area contributed by atoms with Crippen LogP contribution in [-0.4, -0.2) is 60.7 Å². The third-order valence-electron chi connectivity index (χ3n) is 5.69. The fourth-order valence-corrected chi connectivity index (χ4v) is 3.86. The number of aliphatic hydroxyl groups is 1. The van der Waals surface area contributed by atoms with Gasteiger partial charge in [-0.15, -0.1) is 0 Å². The number of nitrogens with zero attached hydrogens (tertiary/aromatic N) is 1. The first-order chi connectivity index (χ1) is 12.9. The third-order valence-corrected chi connectivity index (χ3v) is 10.1. The van der Waals surface area contributed by atoms with Crippen molar-refractivity contribution < 1.29 is 24.2 Å². The fraction of sp³-hybridized carbons (Fsp3) is 0.600. The highest BCUT2D eigenvalue weighted by Crippen LogP contribution is 2.37. The molecule has 1 aliphatic rings. The van der Waals surface area contributed by atoms with Gasteiger partial charge in [0, 0.05) is 18.7 Å². The van der Waals surface area contributed by atoms with Gasteiger partial charge in [-0.1, -0.05) is 20.8 Å². The lowest BCUT2D eigenvalue weighted by molar-refractivity contribution is 0.0792. The molecule has 0 unspecified atom stereocenters. The van der Waals surface area contributed by atoms with E-state index in [0.717, 1.165) is 5.75 Å². The second kappa shape index (κ2) is 8.53. The van der Waals surface area contributed by atoms with Gasteiger partial charge >= 0.3 is 6.09 Å². The molecule has 0 aliphatic carbocycles. The molecule has 0 saturated carbocycles. The van der Waals surface area contributed by atoms with E-state index in [2.05, 4.69) is 39.2 Å². The number of nitrogens with one attached hydrogen (secondary N) is 1. The predicted molar refractivity (Wildman–Crippen MR) is 110 cm³/mol. The Morgan fingerprint density at radius 2 is 1.82 bits per heavy atom. The van der Waals surface area contributed by atoms with Crippen LogP contribution in [0.25, 0.3) is 0 Å². The van der Waals surface area contributed by atoms with Crippen LogP contribution in [0.4, 0.5) is 4.79 Å². The van der Waals surface area contributed by atoms with Crippen LogP contribution in [0, 0.1) is 0 Å². The molecule has 2 rings (SSSR count). The van der Waals surface area contributed by atoms with Gasteiger partial charge in [0.25, 0.3) is 5.91 Å².